The molecule has 0 aliphatic heterocycles. The lowest BCUT2D eigenvalue weighted by Crippen LogP contribution is -2.19. The van der Waals surface area contributed by atoms with Crippen LogP contribution in [0.1, 0.15) is 25.3 Å². The number of benzene rings is 1. The maximum Gasteiger partial charge on any atom is 0.0721 e. The minimum Gasteiger partial charge on any atom is -0.380 e. The molecule has 0 aliphatic carbocycles. The number of hydrogen-bond acceptors (Lipinski definition) is 2. The predicted molar refractivity (Wildman–Crippen MR) is 78.0 cm³/mol. The standard InChI is InChI=1S/C13H19NOS2/c1-11-5-7-13(8-6-11)17(15)10-4-3-9-14-12(2)16/h5-8H,3-4,9-10H2,1-2H3,(H,14,16). The summed E-state index contributed by atoms with van der Waals surface area (Å²) in [4.78, 5) is 1.75. The normalized spacial score (nSPS) is 12.1. The molecular weight excluding hydrogens is 250 g/mol. The van der Waals surface area contributed by atoms with Gasteiger partial charge in [0.25, 0.3) is 0 Å². The molecular formula is C13H19NOS2. The van der Waals surface area contributed by atoms with Gasteiger partial charge in [-0.1, -0.05) is 29.9 Å². The Morgan fingerprint density at radius 1 is 1.29 bits per heavy atom. The molecule has 0 saturated heterocycles. The minimum atomic E-state index is -0.866. The first-order valence-corrected chi connectivity index (χ1v) is 7.52. The molecule has 1 unspecified atom stereocenters. The number of hydrogen-bond donors (Lipinski definition) is 1. The SMILES string of the molecule is CC(=S)NCCCCS(=O)c1ccc(C)cc1. The van der Waals surface area contributed by atoms with Crippen LogP contribution in [0.15, 0.2) is 29.2 Å². The van der Waals surface area contributed by atoms with E-state index in [0.717, 1.165) is 35.0 Å². The highest BCUT2D eigenvalue weighted by Gasteiger charge is 2.02. The topological polar surface area (TPSA) is 29.1 Å². The van der Waals surface area contributed by atoms with Gasteiger partial charge in [0.2, 0.25) is 0 Å². The quantitative estimate of drug-likeness (QED) is 0.636. The molecule has 4 heteroatoms. The van der Waals surface area contributed by atoms with Crippen molar-refractivity contribution in [2.24, 2.45) is 0 Å². The summed E-state index contributed by atoms with van der Waals surface area (Å²) in [5.41, 5.74) is 1.20. The lowest BCUT2D eigenvalue weighted by molar-refractivity contribution is 0.676. The monoisotopic (exact) mass is 269 g/mol. The molecule has 0 saturated carbocycles. The van der Waals surface area contributed by atoms with Gasteiger partial charge in [-0.3, -0.25) is 4.21 Å². The predicted octanol–water partition coefficient (Wildman–Crippen LogP) is 2.82. The van der Waals surface area contributed by atoms with Crippen LogP contribution < -0.4 is 5.32 Å². The van der Waals surface area contributed by atoms with Crippen LogP contribution in [-0.4, -0.2) is 21.5 Å². The molecule has 2 nitrogen and oxygen atoms in total. The van der Waals surface area contributed by atoms with E-state index in [-0.39, 0.29) is 0 Å². The van der Waals surface area contributed by atoms with Crippen LogP contribution in [0.25, 0.3) is 0 Å². The van der Waals surface area contributed by atoms with Crippen molar-refractivity contribution < 1.29 is 4.21 Å². The highest BCUT2D eigenvalue weighted by Crippen LogP contribution is 2.09. The van der Waals surface area contributed by atoms with Crippen LogP contribution in [0, 0.1) is 6.92 Å². The van der Waals surface area contributed by atoms with Crippen molar-refractivity contribution in [1.82, 2.24) is 5.32 Å². The van der Waals surface area contributed by atoms with E-state index in [1.54, 1.807) is 0 Å². The third-order valence-corrected chi connectivity index (χ3v) is 4.02. The number of rotatable bonds is 6. The van der Waals surface area contributed by atoms with E-state index in [1.807, 2.05) is 38.1 Å². The van der Waals surface area contributed by atoms with Crippen molar-refractivity contribution in [3.05, 3.63) is 29.8 Å². The van der Waals surface area contributed by atoms with Crippen LogP contribution in [-0.2, 0) is 10.8 Å². The van der Waals surface area contributed by atoms with E-state index in [9.17, 15) is 4.21 Å². The van der Waals surface area contributed by atoms with Gasteiger partial charge in [0.05, 0.1) is 15.8 Å². The zero-order valence-electron chi connectivity index (χ0n) is 10.4. The Bertz CT molecular complexity index is 387. The molecule has 0 spiro atoms. The smallest absolute Gasteiger partial charge is 0.0721 e. The Labute approximate surface area is 111 Å². The highest BCUT2D eigenvalue weighted by atomic mass is 32.2. The Hall–Kier alpha value is -0.740. The first-order valence-electron chi connectivity index (χ1n) is 5.79. The van der Waals surface area contributed by atoms with Crippen molar-refractivity contribution in [2.45, 2.75) is 31.6 Å². The van der Waals surface area contributed by atoms with Crippen molar-refractivity contribution in [1.29, 1.82) is 0 Å². The molecule has 0 radical (unpaired) electrons. The number of aryl methyl sites for hydroxylation is 1. The third kappa shape index (κ3) is 5.94. The molecule has 0 aromatic heterocycles. The lowest BCUT2D eigenvalue weighted by Gasteiger charge is -2.04. The molecule has 1 rings (SSSR count). The average molecular weight is 269 g/mol. The summed E-state index contributed by atoms with van der Waals surface area (Å²) in [7, 11) is -0.866. The van der Waals surface area contributed by atoms with Crippen LogP contribution in [0.3, 0.4) is 0 Å². The molecule has 1 aromatic carbocycles. The fourth-order valence-electron chi connectivity index (χ4n) is 1.43. The zero-order chi connectivity index (χ0) is 12.7. The summed E-state index contributed by atoms with van der Waals surface area (Å²) < 4.78 is 11.9. The molecule has 1 aromatic rings. The van der Waals surface area contributed by atoms with Crippen LogP contribution in [0.5, 0.6) is 0 Å². The maximum atomic E-state index is 11.9. The molecule has 0 amide bonds. The fraction of sp³-hybridized carbons (Fsp3) is 0.462. The molecule has 0 bridgehead atoms. The summed E-state index contributed by atoms with van der Waals surface area (Å²) >= 11 is 4.91. The second kappa shape index (κ2) is 7.56. The largest absolute Gasteiger partial charge is 0.380 e. The van der Waals surface area contributed by atoms with E-state index < -0.39 is 10.8 Å². The number of nitrogens with one attached hydrogen (secondary N) is 1. The summed E-state index contributed by atoms with van der Waals surface area (Å²) in [6, 6.07) is 7.91. The molecule has 0 fully saturated rings. The first kappa shape index (κ1) is 14.3. The summed E-state index contributed by atoms with van der Waals surface area (Å²) in [5, 5.41) is 3.10. The summed E-state index contributed by atoms with van der Waals surface area (Å²) in [6.07, 6.45) is 1.96. The highest BCUT2D eigenvalue weighted by molar-refractivity contribution is 7.85. The summed E-state index contributed by atoms with van der Waals surface area (Å²) in [5.74, 6) is 0.723. The van der Waals surface area contributed by atoms with Crippen LogP contribution in [0.4, 0.5) is 0 Å². The lowest BCUT2D eigenvalue weighted by atomic mass is 10.2. The van der Waals surface area contributed by atoms with Gasteiger partial charge in [0, 0.05) is 17.2 Å². The van der Waals surface area contributed by atoms with Crippen LogP contribution >= 0.6 is 12.2 Å². The molecule has 0 heterocycles. The molecule has 1 atom stereocenters. The molecule has 0 aliphatic rings. The third-order valence-electron chi connectivity index (χ3n) is 2.41. The van der Waals surface area contributed by atoms with Gasteiger partial charge in [-0.25, -0.2) is 0 Å². The minimum absolute atomic E-state index is 0.723. The Morgan fingerprint density at radius 2 is 1.94 bits per heavy atom. The van der Waals surface area contributed by atoms with E-state index in [0.29, 0.717) is 0 Å². The van der Waals surface area contributed by atoms with E-state index >= 15 is 0 Å². The zero-order valence-corrected chi connectivity index (χ0v) is 12.0. The molecule has 17 heavy (non-hydrogen) atoms. The molecule has 1 N–H and O–H groups in total. The average Bonchev–Trinajstić information content (AvgIpc) is 2.29. The van der Waals surface area contributed by atoms with Crippen LogP contribution in [0.2, 0.25) is 0 Å². The Balaban J connectivity index is 2.25. The Morgan fingerprint density at radius 3 is 2.53 bits per heavy atom. The van der Waals surface area contributed by atoms with Gasteiger partial charge in [-0.2, -0.15) is 0 Å². The maximum absolute atomic E-state index is 11.9. The van der Waals surface area contributed by atoms with Gasteiger partial charge < -0.3 is 5.32 Å². The number of unbranched alkanes of at least 4 members (excludes halogenated alkanes) is 1. The second-order valence-corrected chi connectivity index (χ2v) is 6.24. The second-order valence-electron chi connectivity index (χ2n) is 4.05. The van der Waals surface area contributed by atoms with E-state index in [4.69, 9.17) is 12.2 Å². The fourth-order valence-corrected chi connectivity index (χ4v) is 2.67. The van der Waals surface area contributed by atoms with Gasteiger partial charge in [-0.05, 0) is 38.8 Å². The van der Waals surface area contributed by atoms with Gasteiger partial charge >= 0.3 is 0 Å². The molecule has 94 valence electrons. The van der Waals surface area contributed by atoms with Gasteiger partial charge in [0.15, 0.2) is 0 Å². The van der Waals surface area contributed by atoms with Crippen molar-refractivity contribution in [3.63, 3.8) is 0 Å². The van der Waals surface area contributed by atoms with Gasteiger partial charge in [-0.15, -0.1) is 0 Å². The summed E-state index contributed by atoms with van der Waals surface area (Å²) in [6.45, 7) is 4.78. The first-order chi connectivity index (χ1) is 8.09. The Kier molecular flexibility index (Phi) is 6.37. The van der Waals surface area contributed by atoms with Gasteiger partial charge in [0.1, 0.15) is 0 Å². The number of thiocarbonyl (C=S) groups is 1. The van der Waals surface area contributed by atoms with Crippen molar-refractivity contribution >= 4 is 28.0 Å². The van der Waals surface area contributed by atoms with Crippen molar-refractivity contribution in [2.75, 3.05) is 12.3 Å². The van der Waals surface area contributed by atoms with E-state index in [1.165, 1.54) is 5.56 Å². The van der Waals surface area contributed by atoms with Crippen molar-refractivity contribution in [3.8, 4) is 0 Å². The van der Waals surface area contributed by atoms with E-state index in [2.05, 4.69) is 5.32 Å².